The van der Waals surface area contributed by atoms with Crippen LogP contribution in [0.25, 0.3) is 17.0 Å². The third-order valence-corrected chi connectivity index (χ3v) is 4.57. The lowest BCUT2D eigenvalue weighted by molar-refractivity contribution is 0.0970. The number of hydrogen-bond donors (Lipinski definition) is 3. The van der Waals surface area contributed by atoms with Gasteiger partial charge in [0.25, 0.3) is 11.8 Å². The van der Waals surface area contributed by atoms with E-state index in [1.807, 2.05) is 61.5 Å². The summed E-state index contributed by atoms with van der Waals surface area (Å²) in [6.45, 7) is 0.645. The van der Waals surface area contributed by atoms with Gasteiger partial charge in [0.1, 0.15) is 12.0 Å². The monoisotopic (exact) mass is 403 g/mol. The van der Waals surface area contributed by atoms with Crippen molar-refractivity contribution in [3.05, 3.63) is 71.8 Å². The Labute approximate surface area is 172 Å². The van der Waals surface area contributed by atoms with Crippen LogP contribution in [0.15, 0.2) is 54.9 Å². The van der Waals surface area contributed by atoms with Crippen LogP contribution in [0.5, 0.6) is 0 Å². The van der Waals surface area contributed by atoms with Gasteiger partial charge >= 0.3 is 0 Å². The Morgan fingerprint density at radius 2 is 1.87 bits per heavy atom. The Morgan fingerprint density at radius 3 is 2.60 bits per heavy atom. The molecule has 4 aromatic rings. The van der Waals surface area contributed by atoms with Crippen molar-refractivity contribution in [2.45, 2.75) is 6.54 Å². The van der Waals surface area contributed by atoms with E-state index in [2.05, 4.69) is 20.3 Å². The van der Waals surface area contributed by atoms with Gasteiger partial charge in [-0.15, -0.1) is 0 Å². The number of imidazole rings is 2. The Kier molecular flexibility index (Phi) is 5.03. The van der Waals surface area contributed by atoms with E-state index in [-0.39, 0.29) is 11.4 Å². The topological polar surface area (TPSA) is 122 Å². The van der Waals surface area contributed by atoms with Crippen molar-refractivity contribution < 1.29 is 9.59 Å². The van der Waals surface area contributed by atoms with Crippen LogP contribution in [0, 0.1) is 0 Å². The summed E-state index contributed by atoms with van der Waals surface area (Å²) in [4.78, 5) is 38.9. The van der Waals surface area contributed by atoms with Crippen LogP contribution in [0.3, 0.4) is 0 Å². The number of carbonyl (C=O) groups excluding carboxylic acids is 2. The highest BCUT2D eigenvalue weighted by molar-refractivity contribution is 6.10. The number of aromatic nitrogens is 4. The molecule has 0 radical (unpaired) electrons. The number of amides is 2. The zero-order valence-corrected chi connectivity index (χ0v) is 16.6. The number of nitrogens with one attached hydrogen (secondary N) is 2. The van der Waals surface area contributed by atoms with E-state index in [0.717, 1.165) is 16.6 Å². The van der Waals surface area contributed by atoms with Gasteiger partial charge in [-0.1, -0.05) is 30.3 Å². The van der Waals surface area contributed by atoms with Crippen molar-refractivity contribution in [3.8, 4) is 5.95 Å². The smallest absolute Gasteiger partial charge is 0.276 e. The molecule has 30 heavy (non-hydrogen) atoms. The SMILES string of the molecule is CN(C)Cc1ccccc1NC(=O)c1ncn(-c2nc3ccccc3[nH]2)c1C(N)=O. The van der Waals surface area contributed by atoms with Gasteiger partial charge in [0.2, 0.25) is 5.95 Å². The third-order valence-electron chi connectivity index (χ3n) is 4.57. The van der Waals surface area contributed by atoms with Crippen LogP contribution in [-0.2, 0) is 6.54 Å². The first-order chi connectivity index (χ1) is 14.4. The highest BCUT2D eigenvalue weighted by Crippen LogP contribution is 2.20. The summed E-state index contributed by atoms with van der Waals surface area (Å²) < 4.78 is 1.39. The normalized spacial score (nSPS) is 11.2. The summed E-state index contributed by atoms with van der Waals surface area (Å²) >= 11 is 0. The number of nitrogens with zero attached hydrogens (tertiary/aromatic N) is 4. The van der Waals surface area contributed by atoms with Gasteiger partial charge in [-0.05, 0) is 37.9 Å². The molecule has 0 spiro atoms. The molecule has 0 fully saturated rings. The average Bonchev–Trinajstić information content (AvgIpc) is 3.33. The maximum Gasteiger partial charge on any atom is 0.276 e. The lowest BCUT2D eigenvalue weighted by Gasteiger charge is -2.14. The second-order valence-electron chi connectivity index (χ2n) is 7.10. The van der Waals surface area contributed by atoms with E-state index >= 15 is 0 Å². The number of para-hydroxylation sites is 3. The third kappa shape index (κ3) is 3.65. The molecule has 2 aromatic heterocycles. The minimum Gasteiger partial charge on any atom is -0.364 e. The molecule has 0 saturated heterocycles. The molecule has 9 heteroatoms. The van der Waals surface area contributed by atoms with Gasteiger partial charge in [0.15, 0.2) is 5.69 Å². The summed E-state index contributed by atoms with van der Waals surface area (Å²) in [5, 5.41) is 2.84. The summed E-state index contributed by atoms with van der Waals surface area (Å²) in [7, 11) is 3.89. The van der Waals surface area contributed by atoms with Crippen molar-refractivity contribution in [2.24, 2.45) is 5.73 Å². The molecule has 2 amide bonds. The first-order valence-corrected chi connectivity index (χ1v) is 9.30. The van der Waals surface area contributed by atoms with Crippen molar-refractivity contribution in [2.75, 3.05) is 19.4 Å². The molecule has 4 rings (SSSR count). The minimum absolute atomic E-state index is 0.0448. The van der Waals surface area contributed by atoms with E-state index in [9.17, 15) is 9.59 Å². The van der Waals surface area contributed by atoms with Crippen LogP contribution in [0.1, 0.15) is 26.5 Å². The predicted molar refractivity (Wildman–Crippen MR) is 114 cm³/mol. The van der Waals surface area contributed by atoms with Gasteiger partial charge in [0, 0.05) is 12.2 Å². The lowest BCUT2D eigenvalue weighted by atomic mass is 10.1. The average molecular weight is 403 g/mol. The van der Waals surface area contributed by atoms with Crippen LogP contribution in [0.4, 0.5) is 5.69 Å². The molecule has 2 aromatic carbocycles. The molecule has 0 atom stereocenters. The number of aromatic amines is 1. The summed E-state index contributed by atoms with van der Waals surface area (Å²) in [5.74, 6) is -0.950. The minimum atomic E-state index is -0.778. The standard InChI is InChI=1S/C21H21N7O2/c1-27(2)11-13-7-3-4-8-14(13)24-20(30)17-18(19(22)29)28(12-23-17)21-25-15-9-5-6-10-16(15)26-21/h3-10,12H,11H2,1-2H3,(H2,22,29)(H,24,30)(H,25,26). The molecule has 152 valence electrons. The maximum atomic E-state index is 13.0. The number of primary amides is 1. The quantitative estimate of drug-likeness (QED) is 0.455. The van der Waals surface area contributed by atoms with E-state index in [1.54, 1.807) is 6.07 Å². The maximum absolute atomic E-state index is 13.0. The first-order valence-electron chi connectivity index (χ1n) is 9.30. The molecule has 4 N–H and O–H groups in total. The zero-order chi connectivity index (χ0) is 21.3. The Balaban J connectivity index is 1.70. The largest absolute Gasteiger partial charge is 0.364 e. The van der Waals surface area contributed by atoms with Crippen LogP contribution in [-0.4, -0.2) is 50.3 Å². The fourth-order valence-corrected chi connectivity index (χ4v) is 3.27. The molecule has 0 unspecified atom stereocenters. The summed E-state index contributed by atoms with van der Waals surface area (Å²) in [6.07, 6.45) is 1.36. The van der Waals surface area contributed by atoms with Crippen molar-refractivity contribution in [1.29, 1.82) is 0 Å². The molecule has 2 heterocycles. The van der Waals surface area contributed by atoms with Gasteiger partial charge in [-0.3, -0.25) is 14.2 Å². The number of carbonyl (C=O) groups is 2. The van der Waals surface area contributed by atoms with Gasteiger partial charge in [0.05, 0.1) is 11.0 Å². The molecule has 0 saturated carbocycles. The number of rotatable bonds is 6. The zero-order valence-electron chi connectivity index (χ0n) is 16.6. The molecule has 0 aliphatic heterocycles. The highest BCUT2D eigenvalue weighted by atomic mass is 16.2. The number of hydrogen-bond acceptors (Lipinski definition) is 5. The number of nitrogens with two attached hydrogens (primary N) is 1. The van der Waals surface area contributed by atoms with Crippen LogP contribution in [0.2, 0.25) is 0 Å². The van der Waals surface area contributed by atoms with E-state index < -0.39 is 11.8 Å². The van der Waals surface area contributed by atoms with E-state index in [1.165, 1.54) is 10.9 Å². The fraction of sp³-hybridized carbons (Fsp3) is 0.143. The van der Waals surface area contributed by atoms with Crippen LogP contribution >= 0.6 is 0 Å². The van der Waals surface area contributed by atoms with Gasteiger partial charge < -0.3 is 20.9 Å². The summed E-state index contributed by atoms with van der Waals surface area (Å²) in [6, 6.07) is 14.9. The molecular formula is C21H21N7O2. The summed E-state index contributed by atoms with van der Waals surface area (Å²) in [5.41, 5.74) is 8.57. The predicted octanol–water partition coefficient (Wildman–Crippen LogP) is 2.16. The molecule has 0 aliphatic carbocycles. The second-order valence-corrected chi connectivity index (χ2v) is 7.10. The van der Waals surface area contributed by atoms with E-state index in [0.29, 0.717) is 18.2 Å². The number of fused-ring (bicyclic) bond motifs is 1. The van der Waals surface area contributed by atoms with Crippen molar-refractivity contribution in [1.82, 2.24) is 24.4 Å². The van der Waals surface area contributed by atoms with Crippen molar-refractivity contribution >= 4 is 28.5 Å². The van der Waals surface area contributed by atoms with Gasteiger partial charge in [-0.2, -0.15) is 0 Å². The molecule has 0 bridgehead atoms. The number of benzene rings is 2. The fourth-order valence-electron chi connectivity index (χ4n) is 3.27. The van der Waals surface area contributed by atoms with Crippen molar-refractivity contribution in [3.63, 3.8) is 0 Å². The Bertz CT molecular complexity index is 1210. The second kappa shape index (κ2) is 7.80. The number of anilines is 1. The Morgan fingerprint density at radius 1 is 1.13 bits per heavy atom. The van der Waals surface area contributed by atoms with Crippen LogP contribution < -0.4 is 11.1 Å². The molecule has 9 nitrogen and oxygen atoms in total. The first kappa shape index (κ1) is 19.3. The molecule has 0 aliphatic rings. The highest BCUT2D eigenvalue weighted by Gasteiger charge is 2.24. The Hall–Kier alpha value is -3.98. The van der Waals surface area contributed by atoms with Gasteiger partial charge in [-0.25, -0.2) is 9.97 Å². The number of H-pyrrole nitrogens is 1. The lowest BCUT2D eigenvalue weighted by Crippen LogP contribution is -2.23. The van der Waals surface area contributed by atoms with E-state index in [4.69, 9.17) is 5.73 Å². The molecular weight excluding hydrogens is 382 g/mol.